The Labute approximate surface area is 176 Å². The molecule has 1 aromatic heterocycles. The largest absolute Gasteiger partial charge is 0.481 e. The van der Waals surface area contributed by atoms with Gasteiger partial charge in [0.05, 0.1) is 24.0 Å². The molecule has 5 heteroatoms. The van der Waals surface area contributed by atoms with E-state index in [1.807, 2.05) is 6.07 Å². The molecule has 0 radical (unpaired) electrons. The lowest BCUT2D eigenvalue weighted by Gasteiger charge is -2.14. The van der Waals surface area contributed by atoms with Crippen LogP contribution in [0.4, 0.5) is 0 Å². The molecular formula is C25H26N2O3. The average molecular weight is 402 g/mol. The summed E-state index contributed by atoms with van der Waals surface area (Å²) >= 11 is 0. The van der Waals surface area contributed by atoms with Gasteiger partial charge in [0.1, 0.15) is 6.61 Å². The molecule has 3 aromatic rings. The molecule has 1 fully saturated rings. The number of rotatable bonds is 8. The Morgan fingerprint density at radius 1 is 1.07 bits per heavy atom. The molecule has 0 bridgehead atoms. The topological polar surface area (TPSA) is 72.3 Å². The number of aliphatic carboxylic acids is 1. The third kappa shape index (κ3) is 4.20. The lowest BCUT2D eigenvalue weighted by molar-refractivity contribution is -0.138. The van der Waals surface area contributed by atoms with Crippen molar-refractivity contribution in [3.8, 4) is 17.0 Å². The zero-order valence-electron chi connectivity index (χ0n) is 17.3. The minimum atomic E-state index is -0.766. The van der Waals surface area contributed by atoms with Crippen LogP contribution in [0.25, 0.3) is 11.1 Å². The minimum Gasteiger partial charge on any atom is -0.481 e. The molecule has 5 nitrogen and oxygen atoms in total. The van der Waals surface area contributed by atoms with Crippen molar-refractivity contribution in [1.82, 2.24) is 9.97 Å². The van der Waals surface area contributed by atoms with E-state index in [1.165, 1.54) is 22.3 Å². The quantitative estimate of drug-likeness (QED) is 0.572. The summed E-state index contributed by atoms with van der Waals surface area (Å²) in [7, 11) is 0. The fourth-order valence-electron chi connectivity index (χ4n) is 3.97. The number of hydrogen-bond acceptors (Lipinski definition) is 4. The van der Waals surface area contributed by atoms with Gasteiger partial charge in [-0.25, -0.2) is 4.98 Å². The van der Waals surface area contributed by atoms with Crippen LogP contribution in [0, 0.1) is 5.92 Å². The third-order valence-electron chi connectivity index (χ3n) is 5.74. The van der Waals surface area contributed by atoms with Crippen molar-refractivity contribution in [3.63, 3.8) is 0 Å². The second-order valence-electron chi connectivity index (χ2n) is 7.71. The second kappa shape index (κ2) is 8.66. The minimum absolute atomic E-state index is 0.0212. The number of ether oxygens (including phenoxy) is 1. The predicted molar refractivity (Wildman–Crippen MR) is 115 cm³/mol. The summed E-state index contributed by atoms with van der Waals surface area (Å²) in [5.74, 6) is -0.669. The Hall–Kier alpha value is -3.21. The van der Waals surface area contributed by atoms with Gasteiger partial charge in [0.15, 0.2) is 0 Å². The van der Waals surface area contributed by atoms with Crippen LogP contribution in [0.3, 0.4) is 0 Å². The van der Waals surface area contributed by atoms with Gasteiger partial charge >= 0.3 is 5.97 Å². The Kier molecular flexibility index (Phi) is 5.79. The van der Waals surface area contributed by atoms with E-state index in [4.69, 9.17) is 9.84 Å². The van der Waals surface area contributed by atoms with Crippen molar-refractivity contribution >= 4 is 5.97 Å². The van der Waals surface area contributed by atoms with Crippen LogP contribution < -0.4 is 4.74 Å². The predicted octanol–water partition coefficient (Wildman–Crippen LogP) is 5.04. The van der Waals surface area contributed by atoms with E-state index in [-0.39, 0.29) is 11.8 Å². The van der Waals surface area contributed by atoms with Crippen LogP contribution in [0.5, 0.6) is 5.88 Å². The summed E-state index contributed by atoms with van der Waals surface area (Å²) in [4.78, 5) is 19.7. The highest BCUT2D eigenvalue weighted by atomic mass is 16.5. The molecule has 1 aliphatic rings. The van der Waals surface area contributed by atoms with Gasteiger partial charge in [-0.1, -0.05) is 50.2 Å². The maximum atomic E-state index is 11.0. The maximum Gasteiger partial charge on any atom is 0.307 e. The smallest absolute Gasteiger partial charge is 0.307 e. The van der Waals surface area contributed by atoms with Crippen LogP contribution in [-0.4, -0.2) is 21.0 Å². The normalized spacial score (nSPS) is 17.5. The summed E-state index contributed by atoms with van der Waals surface area (Å²) in [6.45, 7) is 4.78. The summed E-state index contributed by atoms with van der Waals surface area (Å²) in [6.07, 6.45) is 5.84. The SMILES string of the molecule is CCc1cccc(CC)c1-c1cccc(COc2cnc([C@H]3C[C@@H]3C(=O)O)cn2)c1. The lowest BCUT2D eigenvalue weighted by atomic mass is 9.91. The molecule has 1 heterocycles. The van der Waals surface area contributed by atoms with Gasteiger partial charge < -0.3 is 9.84 Å². The average Bonchev–Trinajstić information content (AvgIpc) is 3.59. The first-order valence-electron chi connectivity index (χ1n) is 10.5. The molecule has 2 aromatic carbocycles. The number of carboxylic acid groups (broad SMARTS) is 1. The highest BCUT2D eigenvalue weighted by Gasteiger charge is 2.45. The molecule has 2 atom stereocenters. The molecule has 1 saturated carbocycles. The number of benzene rings is 2. The first kappa shape index (κ1) is 20.1. The van der Waals surface area contributed by atoms with Crippen molar-refractivity contribution in [3.05, 3.63) is 77.2 Å². The Bertz CT molecular complexity index is 1020. The van der Waals surface area contributed by atoms with Crippen LogP contribution in [0.2, 0.25) is 0 Å². The zero-order valence-corrected chi connectivity index (χ0v) is 17.3. The molecule has 0 unspecified atom stereocenters. The van der Waals surface area contributed by atoms with Crippen LogP contribution in [0.15, 0.2) is 54.9 Å². The molecule has 0 amide bonds. The van der Waals surface area contributed by atoms with Gasteiger partial charge in [0.25, 0.3) is 0 Å². The zero-order chi connectivity index (χ0) is 21.1. The van der Waals surface area contributed by atoms with Crippen LogP contribution in [0.1, 0.15) is 48.6 Å². The number of nitrogens with zero attached hydrogens (tertiary/aromatic N) is 2. The number of aryl methyl sites for hydroxylation is 2. The number of carboxylic acids is 1. The summed E-state index contributed by atoms with van der Waals surface area (Å²) in [5.41, 5.74) is 7.04. The Balaban J connectivity index is 1.47. The highest BCUT2D eigenvalue weighted by molar-refractivity contribution is 5.75. The monoisotopic (exact) mass is 402 g/mol. The number of hydrogen-bond donors (Lipinski definition) is 1. The first-order chi connectivity index (χ1) is 14.6. The van der Waals surface area contributed by atoms with E-state index in [2.05, 4.69) is 60.2 Å². The van der Waals surface area contributed by atoms with Crippen LogP contribution >= 0.6 is 0 Å². The fourth-order valence-corrected chi connectivity index (χ4v) is 3.97. The van der Waals surface area contributed by atoms with Gasteiger partial charge in [-0.05, 0) is 53.1 Å². The van der Waals surface area contributed by atoms with E-state index < -0.39 is 5.97 Å². The standard InChI is InChI=1S/C25H26N2O3/c1-3-17-8-6-9-18(4-2)24(17)19-10-5-7-16(11-19)15-30-23-14-26-22(13-27-23)20-12-21(20)25(28)29/h5-11,13-14,20-21H,3-4,12,15H2,1-2H3,(H,28,29)/t20-,21-/m0/s1. The number of aromatic nitrogens is 2. The molecule has 0 saturated heterocycles. The fraction of sp³-hybridized carbons (Fsp3) is 0.320. The molecular weight excluding hydrogens is 376 g/mol. The molecule has 0 spiro atoms. The molecule has 1 N–H and O–H groups in total. The molecule has 0 aliphatic heterocycles. The third-order valence-corrected chi connectivity index (χ3v) is 5.74. The van der Waals surface area contributed by atoms with E-state index in [0.29, 0.717) is 18.9 Å². The van der Waals surface area contributed by atoms with Gasteiger partial charge in [-0.3, -0.25) is 9.78 Å². The van der Waals surface area contributed by atoms with E-state index in [1.54, 1.807) is 12.4 Å². The molecule has 1 aliphatic carbocycles. The van der Waals surface area contributed by atoms with E-state index in [0.717, 1.165) is 24.1 Å². The maximum absolute atomic E-state index is 11.0. The van der Waals surface area contributed by atoms with E-state index >= 15 is 0 Å². The van der Waals surface area contributed by atoms with Crippen molar-refractivity contribution < 1.29 is 14.6 Å². The molecule has 154 valence electrons. The Morgan fingerprint density at radius 3 is 2.40 bits per heavy atom. The first-order valence-corrected chi connectivity index (χ1v) is 10.5. The molecule has 30 heavy (non-hydrogen) atoms. The summed E-state index contributed by atoms with van der Waals surface area (Å²) in [6, 6.07) is 15.0. The van der Waals surface area contributed by atoms with Gasteiger partial charge in [0, 0.05) is 5.92 Å². The van der Waals surface area contributed by atoms with Gasteiger partial charge in [-0.15, -0.1) is 0 Å². The Morgan fingerprint density at radius 2 is 1.80 bits per heavy atom. The van der Waals surface area contributed by atoms with Crippen molar-refractivity contribution in [1.29, 1.82) is 0 Å². The van der Waals surface area contributed by atoms with Crippen molar-refractivity contribution in [2.75, 3.05) is 0 Å². The summed E-state index contributed by atoms with van der Waals surface area (Å²) in [5, 5.41) is 9.05. The lowest BCUT2D eigenvalue weighted by Crippen LogP contribution is -2.02. The second-order valence-corrected chi connectivity index (χ2v) is 7.71. The van der Waals surface area contributed by atoms with E-state index in [9.17, 15) is 4.79 Å². The summed E-state index contributed by atoms with van der Waals surface area (Å²) < 4.78 is 5.84. The molecule has 4 rings (SSSR count). The van der Waals surface area contributed by atoms with Gasteiger partial charge in [-0.2, -0.15) is 0 Å². The van der Waals surface area contributed by atoms with Crippen molar-refractivity contribution in [2.24, 2.45) is 5.92 Å². The van der Waals surface area contributed by atoms with Gasteiger partial charge in [0.2, 0.25) is 5.88 Å². The highest BCUT2D eigenvalue weighted by Crippen LogP contribution is 2.46. The number of carbonyl (C=O) groups is 1. The van der Waals surface area contributed by atoms with Crippen molar-refractivity contribution in [2.45, 2.75) is 45.6 Å². The van der Waals surface area contributed by atoms with Crippen LogP contribution in [-0.2, 0) is 24.2 Å².